The molecule has 0 spiro atoms. The standard InChI is InChI=1S/C17H17NO9/c1-24-15(21)9-4-5-12(10(6-9)14(19)20)18-8-27-7-11(16(22)25-2)13(18)17(23)26-3/h4-6H,7-8H2,1-3H3,(H,19,20). The van der Waals surface area contributed by atoms with E-state index in [2.05, 4.69) is 9.47 Å². The van der Waals surface area contributed by atoms with Crippen molar-refractivity contribution in [3.8, 4) is 0 Å². The molecular weight excluding hydrogens is 362 g/mol. The predicted molar refractivity (Wildman–Crippen MR) is 89.1 cm³/mol. The monoisotopic (exact) mass is 379 g/mol. The van der Waals surface area contributed by atoms with Gasteiger partial charge in [0.1, 0.15) is 12.4 Å². The van der Waals surface area contributed by atoms with Crippen LogP contribution in [0.15, 0.2) is 29.5 Å². The third-order valence-electron chi connectivity index (χ3n) is 3.77. The highest BCUT2D eigenvalue weighted by Crippen LogP contribution is 2.30. The van der Waals surface area contributed by atoms with Gasteiger partial charge in [-0.2, -0.15) is 0 Å². The normalized spacial score (nSPS) is 13.8. The minimum Gasteiger partial charge on any atom is -0.478 e. The Morgan fingerprint density at radius 3 is 2.19 bits per heavy atom. The summed E-state index contributed by atoms with van der Waals surface area (Å²) >= 11 is 0. The summed E-state index contributed by atoms with van der Waals surface area (Å²) in [5.74, 6) is -3.77. The Morgan fingerprint density at radius 1 is 1.00 bits per heavy atom. The second-order valence-corrected chi connectivity index (χ2v) is 5.24. The minimum atomic E-state index is -1.36. The molecule has 1 heterocycles. The first-order valence-corrected chi connectivity index (χ1v) is 7.56. The van der Waals surface area contributed by atoms with Crippen LogP contribution in [0.3, 0.4) is 0 Å². The Labute approximate surface area is 153 Å². The number of ether oxygens (including phenoxy) is 4. The van der Waals surface area contributed by atoms with Crippen LogP contribution in [0.1, 0.15) is 20.7 Å². The Hall–Kier alpha value is -3.40. The quantitative estimate of drug-likeness (QED) is 0.572. The van der Waals surface area contributed by atoms with E-state index >= 15 is 0 Å². The van der Waals surface area contributed by atoms with Gasteiger partial charge in [0.05, 0.1) is 50.3 Å². The summed E-state index contributed by atoms with van der Waals surface area (Å²) in [6.45, 7) is -0.432. The molecule has 1 aromatic carbocycles. The molecule has 1 aromatic rings. The number of carboxylic acid groups (broad SMARTS) is 1. The average molecular weight is 379 g/mol. The van der Waals surface area contributed by atoms with Gasteiger partial charge in [0.2, 0.25) is 0 Å². The Bertz CT molecular complexity index is 828. The van der Waals surface area contributed by atoms with Gasteiger partial charge in [-0.3, -0.25) is 0 Å². The summed E-state index contributed by atoms with van der Waals surface area (Å²) in [5.41, 5.74) is -0.591. The number of carbonyl (C=O) groups is 4. The third kappa shape index (κ3) is 3.90. The highest BCUT2D eigenvalue weighted by atomic mass is 16.5. The molecule has 10 nitrogen and oxygen atoms in total. The molecule has 0 amide bonds. The lowest BCUT2D eigenvalue weighted by Crippen LogP contribution is -2.39. The lowest BCUT2D eigenvalue weighted by Gasteiger charge is -2.32. The molecule has 27 heavy (non-hydrogen) atoms. The number of methoxy groups -OCH3 is 3. The highest BCUT2D eigenvalue weighted by molar-refractivity contribution is 6.06. The number of aromatic carboxylic acids is 1. The van der Waals surface area contributed by atoms with E-state index in [4.69, 9.17) is 9.47 Å². The van der Waals surface area contributed by atoms with Gasteiger partial charge in [0, 0.05) is 0 Å². The van der Waals surface area contributed by atoms with Gasteiger partial charge in [-0.25, -0.2) is 19.2 Å². The van der Waals surface area contributed by atoms with E-state index < -0.39 is 23.9 Å². The maximum absolute atomic E-state index is 12.3. The van der Waals surface area contributed by atoms with Crippen molar-refractivity contribution in [2.75, 3.05) is 39.6 Å². The Kier molecular flexibility index (Phi) is 6.14. The first-order valence-electron chi connectivity index (χ1n) is 7.56. The van der Waals surface area contributed by atoms with Crippen LogP contribution in [0.4, 0.5) is 5.69 Å². The van der Waals surface area contributed by atoms with Crippen molar-refractivity contribution in [1.82, 2.24) is 0 Å². The molecule has 0 atom stereocenters. The number of hydrogen-bond donors (Lipinski definition) is 1. The fourth-order valence-electron chi connectivity index (χ4n) is 2.52. The Balaban J connectivity index is 2.67. The lowest BCUT2D eigenvalue weighted by atomic mass is 10.1. The second-order valence-electron chi connectivity index (χ2n) is 5.24. The van der Waals surface area contributed by atoms with Gasteiger partial charge >= 0.3 is 23.9 Å². The van der Waals surface area contributed by atoms with Crippen molar-refractivity contribution in [2.45, 2.75) is 0 Å². The molecule has 2 rings (SSSR count). The first kappa shape index (κ1) is 19.9. The summed E-state index contributed by atoms with van der Waals surface area (Å²) < 4.78 is 19.3. The second kappa shape index (κ2) is 8.32. The largest absolute Gasteiger partial charge is 0.478 e. The van der Waals surface area contributed by atoms with E-state index in [1.54, 1.807) is 0 Å². The van der Waals surface area contributed by atoms with Crippen molar-refractivity contribution < 1.29 is 43.2 Å². The summed E-state index contributed by atoms with van der Waals surface area (Å²) in [4.78, 5) is 48.8. The van der Waals surface area contributed by atoms with E-state index in [9.17, 15) is 24.3 Å². The van der Waals surface area contributed by atoms with Crippen LogP contribution >= 0.6 is 0 Å². The third-order valence-corrected chi connectivity index (χ3v) is 3.77. The number of rotatable bonds is 5. The smallest absolute Gasteiger partial charge is 0.355 e. The van der Waals surface area contributed by atoms with Crippen LogP contribution in [0, 0.1) is 0 Å². The SMILES string of the molecule is COC(=O)C1=C(C(=O)OC)N(c2ccc(C(=O)OC)cc2C(=O)O)COC1. The molecule has 0 aromatic heterocycles. The molecule has 10 heteroatoms. The molecule has 1 N–H and O–H groups in total. The molecule has 0 unspecified atom stereocenters. The number of hydrogen-bond acceptors (Lipinski definition) is 9. The first-order chi connectivity index (χ1) is 12.8. The van der Waals surface area contributed by atoms with E-state index in [0.29, 0.717) is 0 Å². The molecule has 1 aliphatic heterocycles. The number of carbonyl (C=O) groups excluding carboxylic acids is 3. The number of esters is 3. The zero-order valence-electron chi connectivity index (χ0n) is 14.8. The van der Waals surface area contributed by atoms with E-state index in [0.717, 1.165) is 27.4 Å². The number of nitrogens with zero attached hydrogens (tertiary/aromatic N) is 1. The number of carboxylic acids is 1. The van der Waals surface area contributed by atoms with E-state index in [1.165, 1.54) is 17.0 Å². The summed E-state index contributed by atoms with van der Waals surface area (Å²) in [7, 11) is 3.42. The summed E-state index contributed by atoms with van der Waals surface area (Å²) in [5, 5.41) is 9.54. The van der Waals surface area contributed by atoms with Gasteiger partial charge < -0.3 is 29.0 Å². The molecule has 0 fully saturated rings. The van der Waals surface area contributed by atoms with Gasteiger partial charge in [-0.05, 0) is 18.2 Å². The van der Waals surface area contributed by atoms with Gasteiger partial charge in [-0.15, -0.1) is 0 Å². The van der Waals surface area contributed by atoms with Crippen LogP contribution < -0.4 is 4.90 Å². The van der Waals surface area contributed by atoms with Crippen LogP contribution in [0.2, 0.25) is 0 Å². The van der Waals surface area contributed by atoms with Crippen LogP contribution in [0.25, 0.3) is 0 Å². The zero-order valence-corrected chi connectivity index (χ0v) is 14.8. The highest BCUT2D eigenvalue weighted by Gasteiger charge is 2.34. The maximum Gasteiger partial charge on any atom is 0.355 e. The van der Waals surface area contributed by atoms with Crippen molar-refractivity contribution in [3.05, 3.63) is 40.6 Å². The lowest BCUT2D eigenvalue weighted by molar-refractivity contribution is -0.140. The number of benzene rings is 1. The van der Waals surface area contributed by atoms with Crippen molar-refractivity contribution >= 4 is 29.6 Å². The van der Waals surface area contributed by atoms with Gasteiger partial charge in [-0.1, -0.05) is 0 Å². The van der Waals surface area contributed by atoms with Crippen LogP contribution in [-0.2, 0) is 28.5 Å². The van der Waals surface area contributed by atoms with Crippen molar-refractivity contribution in [3.63, 3.8) is 0 Å². The number of anilines is 1. The van der Waals surface area contributed by atoms with Crippen molar-refractivity contribution in [2.24, 2.45) is 0 Å². The average Bonchev–Trinajstić information content (AvgIpc) is 2.70. The van der Waals surface area contributed by atoms with Gasteiger partial charge in [0.15, 0.2) is 0 Å². The van der Waals surface area contributed by atoms with Crippen LogP contribution in [0.5, 0.6) is 0 Å². The summed E-state index contributed by atoms with van der Waals surface area (Å²) in [6.07, 6.45) is 0. The predicted octanol–water partition coefficient (Wildman–Crippen LogP) is 0.566. The molecule has 0 saturated carbocycles. The molecule has 0 saturated heterocycles. The van der Waals surface area contributed by atoms with E-state index in [-0.39, 0.29) is 41.4 Å². The topological polar surface area (TPSA) is 129 Å². The zero-order chi connectivity index (χ0) is 20.1. The van der Waals surface area contributed by atoms with Crippen molar-refractivity contribution in [1.29, 1.82) is 0 Å². The fraction of sp³-hybridized carbons (Fsp3) is 0.294. The molecule has 0 bridgehead atoms. The van der Waals surface area contributed by atoms with Gasteiger partial charge in [0.25, 0.3) is 0 Å². The minimum absolute atomic E-state index is 0.00775. The summed E-state index contributed by atoms with van der Waals surface area (Å²) in [6, 6.07) is 3.74. The molecule has 0 aliphatic carbocycles. The Morgan fingerprint density at radius 2 is 1.63 bits per heavy atom. The molecule has 1 aliphatic rings. The van der Waals surface area contributed by atoms with Crippen LogP contribution in [-0.4, -0.2) is 63.7 Å². The molecular formula is C17H17NO9. The molecule has 0 radical (unpaired) electrons. The maximum atomic E-state index is 12.3. The molecule has 144 valence electrons. The fourth-order valence-corrected chi connectivity index (χ4v) is 2.52. The van der Waals surface area contributed by atoms with E-state index in [1.807, 2.05) is 0 Å².